The van der Waals surface area contributed by atoms with Gasteiger partial charge in [-0.15, -0.1) is 0 Å². The third-order valence-electron chi connectivity index (χ3n) is 4.82. The van der Waals surface area contributed by atoms with Gasteiger partial charge in [0.15, 0.2) is 5.82 Å². The smallest absolute Gasteiger partial charge is 0.180 e. The zero-order chi connectivity index (χ0) is 21.8. The van der Waals surface area contributed by atoms with Crippen molar-refractivity contribution in [2.45, 2.75) is 13.0 Å². The molecular formula is C22H20Cl2FN5O. The number of benzene rings is 1. The molecule has 5 rings (SSSR count). The first kappa shape index (κ1) is 21.5. The lowest BCUT2D eigenvalue weighted by Gasteiger charge is -2.34. The summed E-state index contributed by atoms with van der Waals surface area (Å²) in [6, 6.07) is 12.9. The molecule has 0 aliphatic carbocycles. The van der Waals surface area contributed by atoms with Crippen LogP contribution in [0.3, 0.4) is 0 Å². The van der Waals surface area contributed by atoms with Crippen LogP contribution in [0, 0.1) is 5.82 Å². The van der Waals surface area contributed by atoms with Crippen LogP contribution in [0.1, 0.15) is 6.92 Å². The minimum absolute atomic E-state index is 0.0275. The van der Waals surface area contributed by atoms with E-state index in [1.54, 1.807) is 16.8 Å². The second-order valence-electron chi connectivity index (χ2n) is 6.99. The van der Waals surface area contributed by atoms with Crippen LogP contribution in [-0.2, 0) is 4.74 Å². The van der Waals surface area contributed by atoms with Crippen molar-refractivity contribution in [3.8, 4) is 11.5 Å². The maximum absolute atomic E-state index is 13.6. The molecule has 0 bridgehead atoms. The average Bonchev–Trinajstić information content (AvgIpc) is 3.18. The lowest BCUT2D eigenvalue weighted by atomic mass is 10.2. The average molecular weight is 460 g/mol. The molecule has 4 heterocycles. The predicted molar refractivity (Wildman–Crippen MR) is 120 cm³/mol. The molecule has 1 atom stereocenters. The van der Waals surface area contributed by atoms with Gasteiger partial charge in [-0.05, 0) is 25.1 Å². The van der Waals surface area contributed by atoms with Gasteiger partial charge in [0.1, 0.15) is 23.0 Å². The molecule has 0 amide bonds. The summed E-state index contributed by atoms with van der Waals surface area (Å²) in [6.07, 6.45) is 4.82. The van der Waals surface area contributed by atoms with Crippen molar-refractivity contribution in [3.05, 3.63) is 76.9 Å². The number of ether oxygens (including phenoxy) is 1. The number of hydrogen-bond donors (Lipinski definition) is 0. The third kappa shape index (κ3) is 4.95. The number of anilines is 1. The van der Waals surface area contributed by atoms with Crippen LogP contribution in [0.15, 0.2) is 61.1 Å². The minimum atomic E-state index is -0.502. The summed E-state index contributed by atoms with van der Waals surface area (Å²) in [5, 5.41) is 0.821. The van der Waals surface area contributed by atoms with Crippen molar-refractivity contribution >= 4 is 34.7 Å². The van der Waals surface area contributed by atoms with Gasteiger partial charge < -0.3 is 9.64 Å². The van der Waals surface area contributed by atoms with Crippen LogP contribution in [0.2, 0.25) is 10.0 Å². The molecule has 1 aromatic carbocycles. The van der Waals surface area contributed by atoms with Gasteiger partial charge in [-0.25, -0.2) is 19.3 Å². The summed E-state index contributed by atoms with van der Waals surface area (Å²) < 4.78 is 20.7. The third-order valence-corrected chi connectivity index (χ3v) is 5.35. The van der Waals surface area contributed by atoms with E-state index in [4.69, 9.17) is 27.9 Å². The van der Waals surface area contributed by atoms with E-state index >= 15 is 0 Å². The molecule has 6 nitrogen and oxygen atoms in total. The fourth-order valence-electron chi connectivity index (χ4n) is 3.26. The SMILES string of the molecule is C[C@H]1COCCN1c1ccnc(-c2cnc3cc(F)c(Cl)cn23)n1.Clc1ccccc1. The Hall–Kier alpha value is -2.74. The minimum Gasteiger partial charge on any atom is -0.377 e. The monoisotopic (exact) mass is 459 g/mol. The van der Waals surface area contributed by atoms with E-state index in [2.05, 4.69) is 26.8 Å². The summed E-state index contributed by atoms with van der Waals surface area (Å²) in [5.74, 6) is 0.846. The molecule has 4 aromatic rings. The lowest BCUT2D eigenvalue weighted by Crippen LogP contribution is -2.44. The van der Waals surface area contributed by atoms with Crippen LogP contribution < -0.4 is 4.90 Å². The van der Waals surface area contributed by atoms with Crippen molar-refractivity contribution in [2.75, 3.05) is 24.7 Å². The maximum Gasteiger partial charge on any atom is 0.180 e. The standard InChI is InChI=1S/C16H15ClFN5O.C6H5Cl/c1-10-9-24-5-4-22(10)14-2-3-19-16(21-14)13-7-20-15-6-12(18)11(17)8-23(13)15;7-6-4-2-1-3-5-6/h2-3,6-8,10H,4-5,9H2,1H3;1-5H/t10-;/m0./s1. The summed E-state index contributed by atoms with van der Waals surface area (Å²) >= 11 is 11.4. The van der Waals surface area contributed by atoms with Crippen molar-refractivity contribution in [1.82, 2.24) is 19.4 Å². The fourth-order valence-corrected chi connectivity index (χ4v) is 3.55. The second kappa shape index (κ2) is 9.60. The van der Waals surface area contributed by atoms with Gasteiger partial charge in [-0.1, -0.05) is 41.4 Å². The fraction of sp³-hybridized carbons (Fsp3) is 0.227. The molecule has 3 aromatic heterocycles. The number of nitrogens with zero attached hydrogens (tertiary/aromatic N) is 5. The van der Waals surface area contributed by atoms with Crippen molar-refractivity contribution < 1.29 is 9.13 Å². The first-order chi connectivity index (χ1) is 15.0. The topological polar surface area (TPSA) is 55.5 Å². The Morgan fingerprint density at radius 3 is 2.65 bits per heavy atom. The van der Waals surface area contributed by atoms with E-state index in [1.165, 1.54) is 12.3 Å². The first-order valence-corrected chi connectivity index (χ1v) is 10.5. The first-order valence-electron chi connectivity index (χ1n) is 9.73. The maximum atomic E-state index is 13.6. The van der Waals surface area contributed by atoms with E-state index in [1.807, 2.05) is 36.4 Å². The molecule has 31 heavy (non-hydrogen) atoms. The number of imidazole rings is 1. The Morgan fingerprint density at radius 1 is 1.13 bits per heavy atom. The normalized spacial score (nSPS) is 16.1. The zero-order valence-corrected chi connectivity index (χ0v) is 18.3. The van der Waals surface area contributed by atoms with Crippen LogP contribution in [-0.4, -0.2) is 45.2 Å². The lowest BCUT2D eigenvalue weighted by molar-refractivity contribution is 0.0985. The Kier molecular flexibility index (Phi) is 6.65. The Balaban J connectivity index is 0.000000282. The predicted octanol–water partition coefficient (Wildman–Crippen LogP) is 5.15. The van der Waals surface area contributed by atoms with Crippen LogP contribution in [0.5, 0.6) is 0 Å². The number of fused-ring (bicyclic) bond motifs is 1. The molecule has 1 fully saturated rings. The van der Waals surface area contributed by atoms with E-state index in [-0.39, 0.29) is 11.1 Å². The van der Waals surface area contributed by atoms with Gasteiger partial charge in [0.2, 0.25) is 0 Å². The van der Waals surface area contributed by atoms with E-state index in [9.17, 15) is 4.39 Å². The molecule has 0 spiro atoms. The number of rotatable bonds is 2. The van der Waals surface area contributed by atoms with Gasteiger partial charge in [-0.3, -0.25) is 4.40 Å². The highest BCUT2D eigenvalue weighted by molar-refractivity contribution is 6.30. The summed E-state index contributed by atoms with van der Waals surface area (Å²) in [4.78, 5) is 15.4. The van der Waals surface area contributed by atoms with Gasteiger partial charge in [0, 0.05) is 30.0 Å². The van der Waals surface area contributed by atoms with Gasteiger partial charge in [0.25, 0.3) is 0 Å². The highest BCUT2D eigenvalue weighted by Crippen LogP contribution is 2.24. The van der Waals surface area contributed by atoms with Gasteiger partial charge in [0.05, 0.1) is 30.5 Å². The quantitative estimate of drug-likeness (QED) is 0.414. The number of hydrogen-bond acceptors (Lipinski definition) is 5. The van der Waals surface area contributed by atoms with Crippen molar-refractivity contribution in [1.29, 1.82) is 0 Å². The van der Waals surface area contributed by atoms with Crippen LogP contribution in [0.25, 0.3) is 17.2 Å². The molecule has 160 valence electrons. The molecular weight excluding hydrogens is 440 g/mol. The van der Waals surface area contributed by atoms with Crippen molar-refractivity contribution in [2.24, 2.45) is 0 Å². The molecule has 1 aliphatic rings. The van der Waals surface area contributed by atoms with Crippen LogP contribution in [0.4, 0.5) is 10.2 Å². The Morgan fingerprint density at radius 2 is 1.94 bits per heavy atom. The van der Waals surface area contributed by atoms with E-state index in [0.717, 1.165) is 17.4 Å². The molecule has 1 aliphatic heterocycles. The number of halogens is 3. The second-order valence-corrected chi connectivity index (χ2v) is 7.84. The van der Waals surface area contributed by atoms with Crippen LogP contribution >= 0.6 is 23.2 Å². The Bertz CT molecular complexity index is 1170. The summed E-state index contributed by atoms with van der Waals surface area (Å²) in [7, 11) is 0. The molecule has 0 saturated carbocycles. The molecule has 0 radical (unpaired) electrons. The van der Waals surface area contributed by atoms with E-state index < -0.39 is 5.82 Å². The molecule has 1 saturated heterocycles. The zero-order valence-electron chi connectivity index (χ0n) is 16.8. The molecule has 0 unspecified atom stereocenters. The van der Waals surface area contributed by atoms with Crippen molar-refractivity contribution in [3.63, 3.8) is 0 Å². The number of pyridine rings is 1. The number of aromatic nitrogens is 4. The summed E-state index contributed by atoms with van der Waals surface area (Å²) in [6.45, 7) is 4.22. The largest absolute Gasteiger partial charge is 0.377 e. The highest BCUT2D eigenvalue weighted by atomic mass is 35.5. The molecule has 0 N–H and O–H groups in total. The number of morpholine rings is 1. The van der Waals surface area contributed by atoms with Gasteiger partial charge >= 0.3 is 0 Å². The van der Waals surface area contributed by atoms with E-state index in [0.29, 0.717) is 30.4 Å². The highest BCUT2D eigenvalue weighted by Gasteiger charge is 2.21. The Labute approximate surface area is 189 Å². The molecule has 9 heteroatoms. The van der Waals surface area contributed by atoms with Gasteiger partial charge in [-0.2, -0.15) is 0 Å². The summed E-state index contributed by atoms with van der Waals surface area (Å²) in [5.41, 5.74) is 1.12.